The van der Waals surface area contributed by atoms with Crippen LogP contribution in [0.15, 0.2) is 71.3 Å². The summed E-state index contributed by atoms with van der Waals surface area (Å²) in [5.41, 5.74) is 18.3. The van der Waals surface area contributed by atoms with Crippen LogP contribution in [-0.2, 0) is 35.6 Å². The molecule has 3 aromatic carbocycles. The molecule has 0 fully saturated rings. The van der Waals surface area contributed by atoms with Crippen LogP contribution >= 0.6 is 0 Å². The van der Waals surface area contributed by atoms with Crippen molar-refractivity contribution in [3.63, 3.8) is 0 Å². The second-order valence-electron chi connectivity index (χ2n) is 7.79. The maximum absolute atomic E-state index is 12.0. The maximum Gasteiger partial charge on any atom is 0.310 e. The zero-order chi connectivity index (χ0) is 23.2. The third-order valence-corrected chi connectivity index (χ3v) is 5.54. The van der Waals surface area contributed by atoms with E-state index in [-0.39, 0.29) is 12.4 Å². The van der Waals surface area contributed by atoms with Gasteiger partial charge in [-0.2, -0.15) is 0 Å². The van der Waals surface area contributed by atoms with Gasteiger partial charge in [0, 0.05) is 29.6 Å². The minimum absolute atomic E-state index is 0.141. The maximum atomic E-state index is 12.0. The van der Waals surface area contributed by atoms with E-state index in [1.165, 1.54) is 0 Å². The molecular formula is C27H28N2O4. The molecule has 0 aliphatic rings. The van der Waals surface area contributed by atoms with Crippen molar-refractivity contribution in [2.24, 2.45) is 11.5 Å². The van der Waals surface area contributed by atoms with E-state index in [0.717, 1.165) is 44.3 Å². The summed E-state index contributed by atoms with van der Waals surface area (Å²) >= 11 is 0. The molecular weight excluding hydrogens is 416 g/mol. The van der Waals surface area contributed by atoms with Crippen molar-refractivity contribution in [3.05, 3.63) is 89.2 Å². The summed E-state index contributed by atoms with van der Waals surface area (Å²) in [5.74, 6) is 0.327. The number of furan rings is 1. The predicted octanol–water partition coefficient (Wildman–Crippen LogP) is 4.70. The number of rotatable bonds is 9. The number of hydrogen-bond donors (Lipinski definition) is 2. The highest BCUT2D eigenvalue weighted by atomic mass is 16.5. The lowest BCUT2D eigenvalue weighted by atomic mass is 10.0. The molecule has 0 saturated heterocycles. The zero-order valence-electron chi connectivity index (χ0n) is 18.7. The fourth-order valence-corrected chi connectivity index (χ4v) is 3.78. The van der Waals surface area contributed by atoms with Gasteiger partial charge in [-0.3, -0.25) is 4.79 Å². The summed E-state index contributed by atoms with van der Waals surface area (Å²) in [4.78, 5) is 12.0. The van der Waals surface area contributed by atoms with E-state index in [2.05, 4.69) is 18.2 Å². The Labute approximate surface area is 193 Å². The first-order valence-corrected chi connectivity index (χ1v) is 11.0. The van der Waals surface area contributed by atoms with Gasteiger partial charge < -0.3 is 25.4 Å². The molecule has 6 heteroatoms. The number of fused-ring (bicyclic) bond motifs is 1. The number of esters is 1. The number of carbonyl (C=O) groups is 1. The predicted molar refractivity (Wildman–Crippen MR) is 129 cm³/mol. The number of ether oxygens (including phenoxy) is 2. The lowest BCUT2D eigenvalue weighted by molar-refractivity contribution is -0.142. The van der Waals surface area contributed by atoms with Crippen LogP contribution in [0.2, 0.25) is 0 Å². The third-order valence-electron chi connectivity index (χ3n) is 5.54. The van der Waals surface area contributed by atoms with E-state index in [1.54, 1.807) is 13.2 Å². The Kier molecular flexibility index (Phi) is 7.07. The van der Waals surface area contributed by atoms with Crippen molar-refractivity contribution in [2.45, 2.75) is 33.0 Å². The summed E-state index contributed by atoms with van der Waals surface area (Å²) in [6.07, 6.45) is 1.85. The van der Waals surface area contributed by atoms with E-state index in [4.69, 9.17) is 25.4 Å². The van der Waals surface area contributed by atoms with Crippen molar-refractivity contribution in [2.75, 3.05) is 6.61 Å². The summed E-state index contributed by atoms with van der Waals surface area (Å²) in [5, 5.41) is 0.979. The van der Waals surface area contributed by atoms with Gasteiger partial charge in [0.05, 0.1) is 19.3 Å². The second-order valence-corrected chi connectivity index (χ2v) is 7.79. The normalized spacial score (nSPS) is 11.0. The van der Waals surface area contributed by atoms with Crippen molar-refractivity contribution >= 4 is 16.9 Å². The van der Waals surface area contributed by atoms with Crippen LogP contribution in [0, 0.1) is 0 Å². The SMILES string of the molecule is CCOC(=O)Cc1ccc(CN)cc1OCc1coc2ccc(-c3cccc(CN)c3)cc12. The van der Waals surface area contributed by atoms with Crippen molar-refractivity contribution in [1.82, 2.24) is 0 Å². The molecule has 1 aromatic heterocycles. The lowest BCUT2D eigenvalue weighted by Gasteiger charge is -2.13. The van der Waals surface area contributed by atoms with Gasteiger partial charge in [-0.1, -0.05) is 36.4 Å². The van der Waals surface area contributed by atoms with Crippen LogP contribution in [-0.4, -0.2) is 12.6 Å². The Hall–Kier alpha value is -3.61. The van der Waals surface area contributed by atoms with Crippen molar-refractivity contribution < 1.29 is 18.7 Å². The van der Waals surface area contributed by atoms with Gasteiger partial charge >= 0.3 is 5.97 Å². The molecule has 33 heavy (non-hydrogen) atoms. The summed E-state index contributed by atoms with van der Waals surface area (Å²) < 4.78 is 17.0. The van der Waals surface area contributed by atoms with Gasteiger partial charge in [-0.05, 0) is 53.4 Å². The van der Waals surface area contributed by atoms with E-state index in [0.29, 0.717) is 32.1 Å². The standard InChI is InChI=1S/C27H28N2O4/c1-2-31-27(30)13-22-7-6-19(15-29)11-26(22)33-17-23-16-32-25-9-8-21(12-24(23)25)20-5-3-4-18(10-20)14-28/h3-12,16H,2,13-15,17,28-29H2,1H3. The van der Waals surface area contributed by atoms with Crippen LogP contribution < -0.4 is 16.2 Å². The van der Waals surface area contributed by atoms with Gasteiger partial charge in [-0.25, -0.2) is 0 Å². The highest BCUT2D eigenvalue weighted by molar-refractivity contribution is 5.86. The fourth-order valence-electron chi connectivity index (χ4n) is 3.78. The largest absolute Gasteiger partial charge is 0.488 e. The molecule has 1 heterocycles. The Bertz CT molecular complexity index is 1260. The highest BCUT2D eigenvalue weighted by Crippen LogP contribution is 2.30. The van der Waals surface area contributed by atoms with Gasteiger partial charge in [0.1, 0.15) is 17.9 Å². The first kappa shape index (κ1) is 22.6. The zero-order valence-corrected chi connectivity index (χ0v) is 18.7. The van der Waals surface area contributed by atoms with Gasteiger partial charge in [-0.15, -0.1) is 0 Å². The van der Waals surface area contributed by atoms with Gasteiger partial charge in [0.15, 0.2) is 0 Å². The fraction of sp³-hybridized carbons (Fsp3) is 0.222. The Morgan fingerprint density at radius 3 is 2.48 bits per heavy atom. The van der Waals surface area contributed by atoms with E-state index in [1.807, 2.05) is 42.5 Å². The summed E-state index contributed by atoms with van der Waals surface area (Å²) in [6.45, 7) is 3.31. The molecule has 170 valence electrons. The van der Waals surface area contributed by atoms with Crippen LogP contribution in [0.25, 0.3) is 22.1 Å². The molecule has 6 nitrogen and oxygen atoms in total. The Morgan fingerprint density at radius 2 is 1.70 bits per heavy atom. The van der Waals surface area contributed by atoms with Crippen LogP contribution in [0.1, 0.15) is 29.2 Å². The molecule has 4 aromatic rings. The molecule has 0 radical (unpaired) electrons. The number of benzene rings is 3. The molecule has 0 aliphatic carbocycles. The van der Waals surface area contributed by atoms with Gasteiger partial charge in [0.25, 0.3) is 0 Å². The molecule has 0 amide bonds. The number of carbonyl (C=O) groups excluding carboxylic acids is 1. The van der Waals surface area contributed by atoms with Crippen LogP contribution in [0.5, 0.6) is 5.75 Å². The Morgan fingerprint density at radius 1 is 0.909 bits per heavy atom. The highest BCUT2D eigenvalue weighted by Gasteiger charge is 2.13. The molecule has 4 rings (SSSR count). The van der Waals surface area contributed by atoms with E-state index < -0.39 is 0 Å². The number of nitrogens with two attached hydrogens (primary N) is 2. The van der Waals surface area contributed by atoms with Crippen molar-refractivity contribution in [1.29, 1.82) is 0 Å². The Balaban J connectivity index is 1.60. The monoisotopic (exact) mass is 444 g/mol. The average molecular weight is 445 g/mol. The summed E-state index contributed by atoms with van der Waals surface area (Å²) in [6, 6.07) is 19.9. The van der Waals surface area contributed by atoms with E-state index in [9.17, 15) is 4.79 Å². The molecule has 0 atom stereocenters. The summed E-state index contributed by atoms with van der Waals surface area (Å²) in [7, 11) is 0. The molecule has 0 bridgehead atoms. The first-order chi connectivity index (χ1) is 16.1. The molecule has 0 saturated carbocycles. The smallest absolute Gasteiger partial charge is 0.310 e. The average Bonchev–Trinajstić information content (AvgIpc) is 3.25. The van der Waals surface area contributed by atoms with Gasteiger partial charge in [0.2, 0.25) is 0 Å². The third kappa shape index (κ3) is 5.25. The van der Waals surface area contributed by atoms with Crippen molar-refractivity contribution in [3.8, 4) is 16.9 Å². The van der Waals surface area contributed by atoms with Crippen LogP contribution in [0.4, 0.5) is 0 Å². The topological polar surface area (TPSA) is 101 Å². The second kappa shape index (κ2) is 10.3. The molecule has 0 spiro atoms. The quantitative estimate of drug-likeness (QED) is 0.363. The first-order valence-electron chi connectivity index (χ1n) is 11.0. The lowest BCUT2D eigenvalue weighted by Crippen LogP contribution is -2.10. The van der Waals surface area contributed by atoms with E-state index >= 15 is 0 Å². The molecule has 0 aliphatic heterocycles. The molecule has 0 unspecified atom stereocenters. The minimum atomic E-state index is -0.291. The molecule has 4 N–H and O–H groups in total. The van der Waals surface area contributed by atoms with Crippen LogP contribution in [0.3, 0.4) is 0 Å². The number of hydrogen-bond acceptors (Lipinski definition) is 6. The minimum Gasteiger partial charge on any atom is -0.488 e.